The monoisotopic (exact) mass is 295 g/mol. The molecular weight excluding hydrogens is 278 g/mol. The minimum atomic E-state index is -1.31. The third-order valence-electron chi connectivity index (χ3n) is 5.38. The van der Waals surface area contributed by atoms with Crippen molar-refractivity contribution in [2.45, 2.75) is 25.7 Å². The van der Waals surface area contributed by atoms with Gasteiger partial charge in [0.2, 0.25) is 0 Å². The number of carbonyl (C=O) groups is 3. The Hall–Kier alpha value is -2.05. The van der Waals surface area contributed by atoms with E-state index in [0.29, 0.717) is 12.8 Å². The van der Waals surface area contributed by atoms with Gasteiger partial charge in [0, 0.05) is 25.1 Å². The molecule has 21 heavy (non-hydrogen) atoms. The van der Waals surface area contributed by atoms with Crippen LogP contribution in [0.25, 0.3) is 0 Å². The maximum Gasteiger partial charge on any atom is 0.407 e. The second kappa shape index (κ2) is 4.22. The van der Waals surface area contributed by atoms with E-state index in [2.05, 4.69) is 0 Å². The Morgan fingerprint density at radius 1 is 1.24 bits per heavy atom. The maximum atomic E-state index is 12.0. The van der Waals surface area contributed by atoms with Crippen LogP contribution in [-0.2, 0) is 9.59 Å². The average Bonchev–Trinajstić information content (AvgIpc) is 3.19. The van der Waals surface area contributed by atoms with Gasteiger partial charge in [-0.15, -0.1) is 0 Å². The summed E-state index contributed by atoms with van der Waals surface area (Å²) in [5.41, 5.74) is -1.61. The van der Waals surface area contributed by atoms with E-state index in [4.69, 9.17) is 5.11 Å². The first kappa shape index (κ1) is 13.9. The molecule has 7 nitrogen and oxygen atoms in total. The van der Waals surface area contributed by atoms with Crippen LogP contribution in [0.5, 0.6) is 0 Å². The largest absolute Gasteiger partial charge is 0.515 e. The summed E-state index contributed by atoms with van der Waals surface area (Å²) in [7, 11) is 0. The Morgan fingerprint density at radius 3 is 2.38 bits per heavy atom. The van der Waals surface area contributed by atoms with Crippen molar-refractivity contribution < 1.29 is 29.7 Å². The SMILES string of the molecule is O=C1CC2C3(CC3)CN(C(=O)O)CC2(C(=O)O)C/C1=C/O. The minimum Gasteiger partial charge on any atom is -0.515 e. The Morgan fingerprint density at radius 2 is 1.90 bits per heavy atom. The zero-order valence-corrected chi connectivity index (χ0v) is 11.4. The van der Waals surface area contributed by atoms with Crippen LogP contribution in [0.3, 0.4) is 0 Å². The van der Waals surface area contributed by atoms with Crippen LogP contribution in [0.2, 0.25) is 0 Å². The van der Waals surface area contributed by atoms with E-state index < -0.39 is 17.5 Å². The number of aliphatic carboxylic acids is 1. The molecule has 3 fully saturated rings. The zero-order valence-electron chi connectivity index (χ0n) is 11.4. The van der Waals surface area contributed by atoms with Crippen molar-refractivity contribution in [3.63, 3.8) is 0 Å². The number of carbonyl (C=O) groups excluding carboxylic acids is 1. The number of aliphatic hydroxyl groups is 1. The third kappa shape index (κ3) is 1.83. The number of nitrogens with zero attached hydrogens (tertiary/aromatic N) is 1. The maximum absolute atomic E-state index is 12.0. The number of hydrogen-bond donors (Lipinski definition) is 3. The molecule has 3 aliphatic rings. The third-order valence-corrected chi connectivity index (χ3v) is 5.38. The molecule has 1 heterocycles. The van der Waals surface area contributed by atoms with E-state index in [9.17, 15) is 24.6 Å². The molecule has 0 radical (unpaired) electrons. The highest BCUT2D eigenvalue weighted by Crippen LogP contribution is 2.64. The number of likely N-dealkylation sites (tertiary alicyclic amines) is 1. The Kier molecular flexibility index (Phi) is 2.80. The standard InChI is InChI=1S/C14H17NO6/c16-5-8-4-14(11(18)19)7-15(12(20)21)6-13(1-2-13)10(14)3-9(8)17/h5,10,16H,1-4,6-7H2,(H,18,19)(H,20,21)/b8-5-. The number of carboxylic acids is 1. The van der Waals surface area contributed by atoms with Gasteiger partial charge in [-0.3, -0.25) is 9.59 Å². The molecule has 114 valence electrons. The molecule has 2 atom stereocenters. The number of hydrogen-bond acceptors (Lipinski definition) is 4. The fourth-order valence-electron chi connectivity index (χ4n) is 4.14. The van der Waals surface area contributed by atoms with E-state index in [-0.39, 0.29) is 42.1 Å². The number of allylic oxidation sites excluding steroid dienone is 1. The molecule has 0 bridgehead atoms. The molecule has 1 aliphatic heterocycles. The average molecular weight is 295 g/mol. The van der Waals surface area contributed by atoms with Crippen molar-refractivity contribution in [1.29, 1.82) is 0 Å². The van der Waals surface area contributed by atoms with Crippen molar-refractivity contribution in [2.75, 3.05) is 13.1 Å². The number of carboxylic acid groups (broad SMARTS) is 2. The van der Waals surface area contributed by atoms with E-state index in [0.717, 1.165) is 17.7 Å². The molecule has 7 heteroatoms. The predicted octanol–water partition coefficient (Wildman–Crippen LogP) is 1.25. The number of Topliss-reactive ketones (excluding diaryl/α,β-unsaturated/α-hetero) is 1. The van der Waals surface area contributed by atoms with Gasteiger partial charge in [-0.25, -0.2) is 4.79 Å². The van der Waals surface area contributed by atoms with Gasteiger partial charge in [0.15, 0.2) is 5.78 Å². The molecule has 0 aromatic heterocycles. The van der Waals surface area contributed by atoms with Gasteiger partial charge < -0.3 is 20.2 Å². The lowest BCUT2D eigenvalue weighted by Gasteiger charge is -2.51. The molecule has 1 saturated heterocycles. The molecule has 3 rings (SSSR count). The lowest BCUT2D eigenvalue weighted by atomic mass is 9.56. The van der Waals surface area contributed by atoms with Crippen molar-refractivity contribution in [3.05, 3.63) is 11.8 Å². The predicted molar refractivity (Wildman–Crippen MR) is 69.8 cm³/mol. The normalized spacial score (nSPS) is 35.6. The van der Waals surface area contributed by atoms with Gasteiger partial charge in [-0.05, 0) is 30.6 Å². The summed E-state index contributed by atoms with van der Waals surface area (Å²) in [6.45, 7) is 0.169. The van der Waals surface area contributed by atoms with Crippen LogP contribution in [0.4, 0.5) is 4.79 Å². The van der Waals surface area contributed by atoms with Gasteiger partial charge >= 0.3 is 12.1 Å². The van der Waals surface area contributed by atoms with Gasteiger partial charge in [0.05, 0.1) is 11.7 Å². The van der Waals surface area contributed by atoms with Crippen LogP contribution >= 0.6 is 0 Å². The molecule has 1 spiro atoms. The first-order chi connectivity index (χ1) is 9.84. The molecule has 0 aromatic rings. The van der Waals surface area contributed by atoms with Crippen molar-refractivity contribution >= 4 is 17.8 Å². The number of piperidine rings is 1. The molecule has 3 N–H and O–H groups in total. The summed E-state index contributed by atoms with van der Waals surface area (Å²) in [4.78, 5) is 36.4. The first-order valence-corrected chi connectivity index (χ1v) is 6.92. The Balaban J connectivity index is 2.06. The fourth-order valence-corrected chi connectivity index (χ4v) is 4.14. The zero-order chi connectivity index (χ0) is 15.4. The van der Waals surface area contributed by atoms with Crippen molar-refractivity contribution in [1.82, 2.24) is 4.90 Å². The summed E-state index contributed by atoms with van der Waals surface area (Å²) in [5.74, 6) is -1.67. The van der Waals surface area contributed by atoms with Gasteiger partial charge in [0.1, 0.15) is 0 Å². The number of fused-ring (bicyclic) bond motifs is 2. The Bertz CT molecular complexity index is 564. The molecule has 2 aliphatic carbocycles. The highest BCUT2D eigenvalue weighted by atomic mass is 16.4. The number of amides is 1. The molecule has 1 amide bonds. The minimum absolute atomic E-state index is 0.0755. The highest BCUT2D eigenvalue weighted by Gasteiger charge is 2.67. The van der Waals surface area contributed by atoms with E-state index in [1.165, 1.54) is 0 Å². The van der Waals surface area contributed by atoms with Gasteiger partial charge in [0.25, 0.3) is 0 Å². The van der Waals surface area contributed by atoms with E-state index in [1.807, 2.05) is 0 Å². The van der Waals surface area contributed by atoms with Gasteiger partial charge in [-0.2, -0.15) is 0 Å². The second-order valence-corrected chi connectivity index (χ2v) is 6.47. The topological polar surface area (TPSA) is 115 Å². The van der Waals surface area contributed by atoms with E-state index in [1.54, 1.807) is 0 Å². The first-order valence-electron chi connectivity index (χ1n) is 6.92. The van der Waals surface area contributed by atoms with Crippen LogP contribution in [0, 0.1) is 16.7 Å². The lowest BCUT2D eigenvalue weighted by molar-refractivity contribution is -0.164. The molecule has 2 unspecified atom stereocenters. The van der Waals surface area contributed by atoms with Crippen LogP contribution in [-0.4, -0.2) is 51.2 Å². The smallest absolute Gasteiger partial charge is 0.407 e. The Labute approximate surface area is 120 Å². The van der Waals surface area contributed by atoms with Crippen molar-refractivity contribution in [3.8, 4) is 0 Å². The van der Waals surface area contributed by atoms with Crippen molar-refractivity contribution in [2.24, 2.45) is 16.7 Å². The number of ketones is 1. The number of rotatable bonds is 1. The highest BCUT2D eigenvalue weighted by molar-refractivity contribution is 5.98. The lowest BCUT2D eigenvalue weighted by Crippen LogP contribution is -2.61. The summed E-state index contributed by atoms with van der Waals surface area (Å²) in [6, 6.07) is 0. The summed E-state index contributed by atoms with van der Waals surface area (Å²) in [6.07, 6.45) is 1.01. The van der Waals surface area contributed by atoms with E-state index >= 15 is 0 Å². The summed E-state index contributed by atoms with van der Waals surface area (Å²) < 4.78 is 0. The fraction of sp³-hybridized carbons (Fsp3) is 0.643. The molecule has 2 saturated carbocycles. The molecule has 0 aromatic carbocycles. The number of aliphatic hydroxyl groups excluding tert-OH is 1. The second-order valence-electron chi connectivity index (χ2n) is 6.47. The molecular formula is C14H17NO6. The summed E-state index contributed by atoms with van der Waals surface area (Å²) >= 11 is 0. The van der Waals surface area contributed by atoms with Crippen LogP contribution < -0.4 is 0 Å². The summed E-state index contributed by atoms with van der Waals surface area (Å²) in [5, 5.41) is 28.2. The van der Waals surface area contributed by atoms with Gasteiger partial charge in [-0.1, -0.05) is 0 Å². The van der Waals surface area contributed by atoms with Crippen LogP contribution in [0.1, 0.15) is 25.7 Å². The quantitative estimate of drug-likeness (QED) is 0.495. The van der Waals surface area contributed by atoms with Crippen LogP contribution in [0.15, 0.2) is 11.8 Å².